The predicted octanol–water partition coefficient (Wildman–Crippen LogP) is 13.3. The van der Waals surface area contributed by atoms with Crippen molar-refractivity contribution in [3.8, 4) is 33.6 Å². The van der Waals surface area contributed by atoms with E-state index in [1.165, 1.54) is 43.4 Å². The van der Waals surface area contributed by atoms with Gasteiger partial charge in [-0.3, -0.25) is 4.40 Å². The number of aromatic nitrogens is 2. The van der Waals surface area contributed by atoms with E-state index in [0.717, 1.165) is 45.2 Å². The lowest BCUT2D eigenvalue weighted by molar-refractivity contribution is 1.19. The molecule has 0 N–H and O–H groups in total. The summed E-state index contributed by atoms with van der Waals surface area (Å²) in [5.41, 5.74) is 10.8. The standard InChI is InChI=1S/C49H33N3/c1-3-15-34(16-4-1)48-49(51-30-12-11-27-47(51)50-48)37-18-14-22-40(32-37)52(38-19-5-2-6-20-38)39-21-13-17-35(31-39)36-28-29-45-43-25-8-7-23-41(43)42-24-9-10-26-44(42)46(45)33-36/h1-33H. The van der Waals surface area contributed by atoms with Crippen LogP contribution in [0, 0.1) is 0 Å². The zero-order chi connectivity index (χ0) is 34.4. The summed E-state index contributed by atoms with van der Waals surface area (Å²) >= 11 is 0. The second kappa shape index (κ2) is 12.4. The smallest absolute Gasteiger partial charge is 0.137 e. The first-order valence-corrected chi connectivity index (χ1v) is 17.7. The molecule has 0 aliphatic carbocycles. The minimum absolute atomic E-state index is 0.922. The van der Waals surface area contributed by atoms with Gasteiger partial charge in [0.05, 0.1) is 11.4 Å². The van der Waals surface area contributed by atoms with Crippen molar-refractivity contribution in [2.75, 3.05) is 4.90 Å². The normalized spacial score (nSPS) is 11.5. The van der Waals surface area contributed by atoms with Gasteiger partial charge in [-0.1, -0.05) is 140 Å². The van der Waals surface area contributed by atoms with Crippen molar-refractivity contribution in [1.82, 2.24) is 9.38 Å². The molecule has 3 nitrogen and oxygen atoms in total. The maximum Gasteiger partial charge on any atom is 0.137 e. The van der Waals surface area contributed by atoms with Gasteiger partial charge in [0, 0.05) is 34.4 Å². The second-order valence-corrected chi connectivity index (χ2v) is 13.2. The molecule has 0 atom stereocenters. The van der Waals surface area contributed by atoms with Gasteiger partial charge >= 0.3 is 0 Å². The fraction of sp³-hybridized carbons (Fsp3) is 0. The summed E-state index contributed by atoms with van der Waals surface area (Å²) in [5, 5.41) is 7.69. The molecule has 8 aromatic carbocycles. The number of para-hydroxylation sites is 1. The van der Waals surface area contributed by atoms with Crippen molar-refractivity contribution in [3.05, 3.63) is 200 Å². The Kier molecular flexibility index (Phi) is 7.14. The Morgan fingerprint density at radius 2 is 0.846 bits per heavy atom. The van der Waals surface area contributed by atoms with Crippen molar-refractivity contribution in [2.45, 2.75) is 0 Å². The molecule has 52 heavy (non-hydrogen) atoms. The average molecular weight is 664 g/mol. The average Bonchev–Trinajstić information content (AvgIpc) is 3.62. The molecule has 0 fully saturated rings. The minimum Gasteiger partial charge on any atom is -0.310 e. The monoisotopic (exact) mass is 663 g/mol. The summed E-state index contributed by atoms with van der Waals surface area (Å²) in [5.74, 6) is 0. The SMILES string of the molecule is c1ccc(-c2nc3ccccn3c2-c2cccc(N(c3ccccc3)c3cccc(-c4ccc5c6ccccc6c6ccccc6c5c4)c3)c2)cc1. The van der Waals surface area contributed by atoms with E-state index < -0.39 is 0 Å². The number of benzene rings is 8. The van der Waals surface area contributed by atoms with E-state index in [-0.39, 0.29) is 0 Å². The van der Waals surface area contributed by atoms with Crippen LogP contribution in [0.15, 0.2) is 200 Å². The third-order valence-corrected chi connectivity index (χ3v) is 10.2. The molecule has 244 valence electrons. The summed E-state index contributed by atoms with van der Waals surface area (Å²) in [4.78, 5) is 7.45. The van der Waals surface area contributed by atoms with Crippen molar-refractivity contribution in [3.63, 3.8) is 0 Å². The van der Waals surface area contributed by atoms with E-state index in [1.54, 1.807) is 0 Å². The third-order valence-electron chi connectivity index (χ3n) is 10.2. The van der Waals surface area contributed by atoms with Crippen LogP contribution in [0.3, 0.4) is 0 Å². The Balaban J connectivity index is 1.13. The van der Waals surface area contributed by atoms with Crippen molar-refractivity contribution in [1.29, 1.82) is 0 Å². The molecule has 10 rings (SSSR count). The van der Waals surface area contributed by atoms with Gasteiger partial charge < -0.3 is 4.90 Å². The summed E-state index contributed by atoms with van der Waals surface area (Å²) in [6.45, 7) is 0. The number of fused-ring (bicyclic) bond motifs is 7. The first kappa shape index (κ1) is 29.9. The Bertz CT molecular complexity index is 2870. The molecule has 0 saturated heterocycles. The van der Waals surface area contributed by atoms with Crippen LogP contribution < -0.4 is 4.90 Å². The first-order chi connectivity index (χ1) is 25.8. The fourth-order valence-corrected chi connectivity index (χ4v) is 7.80. The number of anilines is 3. The molecule has 3 heteroatoms. The Morgan fingerprint density at radius 1 is 0.346 bits per heavy atom. The van der Waals surface area contributed by atoms with Crippen molar-refractivity contribution < 1.29 is 0 Å². The van der Waals surface area contributed by atoms with Gasteiger partial charge in [0.15, 0.2) is 0 Å². The largest absolute Gasteiger partial charge is 0.310 e. The zero-order valence-electron chi connectivity index (χ0n) is 28.4. The van der Waals surface area contributed by atoms with Crippen molar-refractivity contribution in [2.24, 2.45) is 0 Å². The highest BCUT2D eigenvalue weighted by atomic mass is 15.1. The summed E-state index contributed by atoms with van der Waals surface area (Å²) in [6.07, 6.45) is 2.10. The van der Waals surface area contributed by atoms with Crippen LogP contribution in [0.2, 0.25) is 0 Å². The van der Waals surface area contributed by atoms with E-state index in [1.807, 2.05) is 12.1 Å². The topological polar surface area (TPSA) is 20.5 Å². The summed E-state index contributed by atoms with van der Waals surface area (Å²) < 4.78 is 2.20. The number of pyridine rings is 1. The van der Waals surface area contributed by atoms with Crippen molar-refractivity contribution >= 4 is 55.0 Å². The second-order valence-electron chi connectivity index (χ2n) is 13.2. The molecule has 2 heterocycles. The van der Waals surface area contributed by atoms with E-state index in [4.69, 9.17) is 4.98 Å². The lowest BCUT2D eigenvalue weighted by atomic mass is 9.92. The zero-order valence-corrected chi connectivity index (χ0v) is 28.4. The van der Waals surface area contributed by atoms with E-state index in [0.29, 0.717) is 0 Å². The summed E-state index contributed by atoms with van der Waals surface area (Å²) in [6, 6.07) is 69.5. The number of hydrogen-bond donors (Lipinski definition) is 0. The molecule has 0 spiro atoms. The molecular formula is C49H33N3. The maximum atomic E-state index is 5.10. The van der Waals surface area contributed by atoms with Gasteiger partial charge in [-0.05, 0) is 98.0 Å². The molecule has 2 aromatic heterocycles. The van der Waals surface area contributed by atoms with E-state index >= 15 is 0 Å². The lowest BCUT2D eigenvalue weighted by Gasteiger charge is -2.26. The molecule has 0 unspecified atom stereocenters. The molecule has 0 aliphatic heterocycles. The van der Waals surface area contributed by atoms with Crippen LogP contribution in [0.25, 0.3) is 71.6 Å². The summed E-state index contributed by atoms with van der Waals surface area (Å²) in [7, 11) is 0. The highest BCUT2D eigenvalue weighted by molar-refractivity contribution is 6.25. The molecular weight excluding hydrogens is 631 g/mol. The van der Waals surface area contributed by atoms with Crippen LogP contribution in [0.5, 0.6) is 0 Å². The van der Waals surface area contributed by atoms with Gasteiger partial charge in [-0.15, -0.1) is 0 Å². The highest BCUT2D eigenvalue weighted by Gasteiger charge is 2.19. The van der Waals surface area contributed by atoms with Gasteiger partial charge in [-0.25, -0.2) is 4.98 Å². The Hall–Kier alpha value is -6.97. The third kappa shape index (κ3) is 5.02. The Labute approximate surface area is 302 Å². The Morgan fingerprint density at radius 3 is 1.54 bits per heavy atom. The molecule has 10 aromatic rings. The van der Waals surface area contributed by atoms with Crippen LogP contribution >= 0.6 is 0 Å². The quantitative estimate of drug-likeness (QED) is 0.165. The highest BCUT2D eigenvalue weighted by Crippen LogP contribution is 2.41. The van der Waals surface area contributed by atoms with Gasteiger partial charge in [0.25, 0.3) is 0 Å². The van der Waals surface area contributed by atoms with Gasteiger partial charge in [-0.2, -0.15) is 0 Å². The lowest BCUT2D eigenvalue weighted by Crippen LogP contribution is -2.10. The van der Waals surface area contributed by atoms with Crippen LogP contribution in [0.4, 0.5) is 17.1 Å². The molecule has 0 radical (unpaired) electrons. The van der Waals surface area contributed by atoms with E-state index in [9.17, 15) is 0 Å². The molecule has 0 aliphatic rings. The number of nitrogens with zero attached hydrogens (tertiary/aromatic N) is 3. The van der Waals surface area contributed by atoms with Crippen LogP contribution in [-0.4, -0.2) is 9.38 Å². The fourth-order valence-electron chi connectivity index (χ4n) is 7.80. The first-order valence-electron chi connectivity index (χ1n) is 17.7. The molecule has 0 amide bonds. The number of imidazole rings is 1. The predicted molar refractivity (Wildman–Crippen MR) is 219 cm³/mol. The number of hydrogen-bond acceptors (Lipinski definition) is 2. The minimum atomic E-state index is 0.922. The number of rotatable bonds is 6. The van der Waals surface area contributed by atoms with Gasteiger partial charge in [0.2, 0.25) is 0 Å². The molecule has 0 saturated carbocycles. The molecule has 0 bridgehead atoms. The van der Waals surface area contributed by atoms with Gasteiger partial charge in [0.1, 0.15) is 5.65 Å². The van der Waals surface area contributed by atoms with E-state index in [2.05, 4.69) is 197 Å². The maximum absolute atomic E-state index is 5.10. The van der Waals surface area contributed by atoms with Crippen LogP contribution in [0.1, 0.15) is 0 Å². The van der Waals surface area contributed by atoms with Crippen LogP contribution in [-0.2, 0) is 0 Å².